The topological polar surface area (TPSA) is 32.3 Å². The molecular formula is C15H20BrFN2O. The minimum Gasteiger partial charge on any atom is -0.339 e. The lowest BCUT2D eigenvalue weighted by atomic mass is 9.97. The molecular weight excluding hydrogens is 323 g/mol. The van der Waals surface area contributed by atoms with E-state index in [-0.39, 0.29) is 11.7 Å². The summed E-state index contributed by atoms with van der Waals surface area (Å²) in [7, 11) is 0. The van der Waals surface area contributed by atoms with Crippen molar-refractivity contribution in [3.05, 3.63) is 34.1 Å². The number of benzene rings is 1. The summed E-state index contributed by atoms with van der Waals surface area (Å²) in [6.07, 6.45) is 2.19. The van der Waals surface area contributed by atoms with E-state index in [4.69, 9.17) is 0 Å². The van der Waals surface area contributed by atoms with E-state index in [2.05, 4.69) is 21.2 Å². The number of amides is 1. The zero-order chi connectivity index (χ0) is 14.5. The first-order valence-electron chi connectivity index (χ1n) is 7.06. The molecule has 110 valence electrons. The zero-order valence-corrected chi connectivity index (χ0v) is 13.2. The number of halogens is 2. The molecule has 0 atom stereocenters. The fourth-order valence-corrected chi connectivity index (χ4v) is 3.06. The van der Waals surface area contributed by atoms with Crippen molar-refractivity contribution in [2.24, 2.45) is 5.92 Å². The standard InChI is InChI=1S/C15H20BrFN2O/c1-2-19(10-11-3-5-18-6-4-11)15(20)12-7-13(16)9-14(17)8-12/h7-9,11,18H,2-6,10H2,1H3. The first-order chi connectivity index (χ1) is 9.60. The number of hydrogen-bond acceptors (Lipinski definition) is 2. The summed E-state index contributed by atoms with van der Waals surface area (Å²) in [4.78, 5) is 14.3. The van der Waals surface area contributed by atoms with Gasteiger partial charge >= 0.3 is 0 Å². The van der Waals surface area contributed by atoms with Crippen LogP contribution in [-0.4, -0.2) is 37.0 Å². The first kappa shape index (κ1) is 15.4. The Hall–Kier alpha value is -0.940. The Labute approximate surface area is 127 Å². The monoisotopic (exact) mass is 342 g/mol. The molecule has 2 rings (SSSR count). The van der Waals surface area contributed by atoms with Gasteiger partial charge in [0.1, 0.15) is 5.82 Å². The predicted molar refractivity (Wildman–Crippen MR) is 81.3 cm³/mol. The Morgan fingerprint density at radius 2 is 2.10 bits per heavy atom. The van der Waals surface area contributed by atoms with E-state index in [0.29, 0.717) is 22.5 Å². The second-order valence-electron chi connectivity index (χ2n) is 5.20. The summed E-state index contributed by atoms with van der Waals surface area (Å²) in [6.45, 7) is 5.40. The Bertz CT molecular complexity index is 455. The van der Waals surface area contributed by atoms with Crippen LogP contribution in [0.25, 0.3) is 0 Å². The molecule has 5 heteroatoms. The van der Waals surface area contributed by atoms with Crippen LogP contribution in [0.15, 0.2) is 22.7 Å². The number of carbonyl (C=O) groups is 1. The maximum Gasteiger partial charge on any atom is 0.253 e. The Morgan fingerprint density at radius 1 is 1.40 bits per heavy atom. The normalized spacial score (nSPS) is 16.1. The second-order valence-corrected chi connectivity index (χ2v) is 6.11. The van der Waals surface area contributed by atoms with Crippen molar-refractivity contribution in [2.75, 3.05) is 26.2 Å². The highest BCUT2D eigenvalue weighted by atomic mass is 79.9. The van der Waals surface area contributed by atoms with Gasteiger partial charge in [-0.15, -0.1) is 0 Å². The van der Waals surface area contributed by atoms with Crippen LogP contribution in [0.1, 0.15) is 30.1 Å². The molecule has 0 unspecified atom stereocenters. The lowest BCUT2D eigenvalue weighted by Crippen LogP contribution is -2.39. The molecule has 0 saturated carbocycles. The molecule has 1 N–H and O–H groups in total. The Kier molecular flexibility index (Phi) is 5.54. The van der Waals surface area contributed by atoms with Crippen molar-refractivity contribution in [3.8, 4) is 0 Å². The minimum atomic E-state index is -0.388. The van der Waals surface area contributed by atoms with Crippen LogP contribution >= 0.6 is 15.9 Å². The highest BCUT2D eigenvalue weighted by molar-refractivity contribution is 9.10. The summed E-state index contributed by atoms with van der Waals surface area (Å²) in [5.74, 6) is 0.0593. The zero-order valence-electron chi connectivity index (χ0n) is 11.7. The number of nitrogens with one attached hydrogen (secondary N) is 1. The van der Waals surface area contributed by atoms with E-state index in [9.17, 15) is 9.18 Å². The van der Waals surface area contributed by atoms with Crippen LogP contribution < -0.4 is 5.32 Å². The summed E-state index contributed by atoms with van der Waals surface area (Å²) in [5.41, 5.74) is 0.410. The van der Waals surface area contributed by atoms with Crippen LogP contribution in [0.3, 0.4) is 0 Å². The molecule has 0 aromatic heterocycles. The second kappa shape index (κ2) is 7.18. The van der Waals surface area contributed by atoms with Crippen molar-refractivity contribution < 1.29 is 9.18 Å². The summed E-state index contributed by atoms with van der Waals surface area (Å²) in [5, 5.41) is 3.32. The van der Waals surface area contributed by atoms with Gasteiger partial charge in [0.05, 0.1) is 0 Å². The lowest BCUT2D eigenvalue weighted by molar-refractivity contribution is 0.0726. The molecule has 1 fully saturated rings. The van der Waals surface area contributed by atoms with E-state index in [1.165, 1.54) is 12.1 Å². The van der Waals surface area contributed by atoms with Crippen molar-refractivity contribution in [2.45, 2.75) is 19.8 Å². The molecule has 1 aliphatic heterocycles. The maximum absolute atomic E-state index is 13.4. The molecule has 1 aliphatic rings. The summed E-state index contributed by atoms with van der Waals surface area (Å²) < 4.78 is 14.0. The number of nitrogens with zero attached hydrogens (tertiary/aromatic N) is 1. The molecule has 1 saturated heterocycles. The van der Waals surface area contributed by atoms with Gasteiger partial charge in [0, 0.05) is 23.1 Å². The van der Waals surface area contributed by atoms with Crippen molar-refractivity contribution in [1.29, 1.82) is 0 Å². The highest BCUT2D eigenvalue weighted by Gasteiger charge is 2.21. The molecule has 1 aromatic carbocycles. The third kappa shape index (κ3) is 4.03. The molecule has 3 nitrogen and oxygen atoms in total. The van der Waals surface area contributed by atoms with Gasteiger partial charge in [-0.3, -0.25) is 4.79 Å². The van der Waals surface area contributed by atoms with Crippen LogP contribution in [0.4, 0.5) is 4.39 Å². The number of hydrogen-bond donors (Lipinski definition) is 1. The molecule has 1 aromatic rings. The van der Waals surface area contributed by atoms with Crippen LogP contribution in [0, 0.1) is 11.7 Å². The van der Waals surface area contributed by atoms with Gasteiger partial charge in [0.15, 0.2) is 0 Å². The van der Waals surface area contributed by atoms with Crippen LogP contribution in [-0.2, 0) is 0 Å². The highest BCUT2D eigenvalue weighted by Crippen LogP contribution is 2.19. The quantitative estimate of drug-likeness (QED) is 0.911. The molecule has 1 heterocycles. The van der Waals surface area contributed by atoms with Crippen molar-refractivity contribution >= 4 is 21.8 Å². The van der Waals surface area contributed by atoms with Crippen LogP contribution in [0.2, 0.25) is 0 Å². The number of rotatable bonds is 4. The molecule has 0 radical (unpaired) electrons. The number of carbonyl (C=O) groups excluding carboxylic acids is 1. The summed E-state index contributed by atoms with van der Waals surface area (Å²) >= 11 is 3.23. The minimum absolute atomic E-state index is 0.0915. The van der Waals surface area contributed by atoms with Gasteiger partial charge in [-0.2, -0.15) is 0 Å². The Morgan fingerprint density at radius 3 is 2.70 bits per heavy atom. The third-order valence-corrected chi connectivity index (χ3v) is 4.17. The number of piperidine rings is 1. The molecule has 0 spiro atoms. The van der Waals surface area contributed by atoms with E-state index in [1.54, 1.807) is 6.07 Å². The molecule has 0 aliphatic carbocycles. The molecule has 0 bridgehead atoms. The fraction of sp³-hybridized carbons (Fsp3) is 0.533. The molecule has 1 amide bonds. The van der Waals surface area contributed by atoms with E-state index in [0.717, 1.165) is 32.5 Å². The maximum atomic E-state index is 13.4. The van der Waals surface area contributed by atoms with Crippen molar-refractivity contribution in [3.63, 3.8) is 0 Å². The van der Waals surface area contributed by atoms with E-state index in [1.807, 2.05) is 11.8 Å². The average Bonchev–Trinajstić information content (AvgIpc) is 2.44. The fourth-order valence-electron chi connectivity index (χ4n) is 2.59. The predicted octanol–water partition coefficient (Wildman–Crippen LogP) is 3.05. The molecule has 20 heavy (non-hydrogen) atoms. The van der Waals surface area contributed by atoms with Gasteiger partial charge in [0.25, 0.3) is 5.91 Å². The largest absolute Gasteiger partial charge is 0.339 e. The van der Waals surface area contributed by atoms with Gasteiger partial charge in [-0.05, 0) is 57.0 Å². The summed E-state index contributed by atoms with van der Waals surface area (Å²) in [6, 6.07) is 4.34. The van der Waals surface area contributed by atoms with E-state index >= 15 is 0 Å². The van der Waals surface area contributed by atoms with Gasteiger partial charge in [0.2, 0.25) is 0 Å². The van der Waals surface area contributed by atoms with Crippen LogP contribution in [0.5, 0.6) is 0 Å². The third-order valence-electron chi connectivity index (χ3n) is 3.72. The van der Waals surface area contributed by atoms with E-state index < -0.39 is 0 Å². The smallest absolute Gasteiger partial charge is 0.253 e. The SMILES string of the molecule is CCN(CC1CCNCC1)C(=O)c1cc(F)cc(Br)c1. The lowest BCUT2D eigenvalue weighted by Gasteiger charge is -2.29. The average molecular weight is 343 g/mol. The van der Waals surface area contributed by atoms with Gasteiger partial charge in [-0.1, -0.05) is 15.9 Å². The van der Waals surface area contributed by atoms with Gasteiger partial charge < -0.3 is 10.2 Å². The Balaban J connectivity index is 2.07. The van der Waals surface area contributed by atoms with Gasteiger partial charge in [-0.25, -0.2) is 4.39 Å². The first-order valence-corrected chi connectivity index (χ1v) is 7.85. The van der Waals surface area contributed by atoms with Crippen molar-refractivity contribution in [1.82, 2.24) is 10.2 Å².